The fourth-order valence-corrected chi connectivity index (χ4v) is 7.57. The van der Waals surface area contributed by atoms with Crippen molar-refractivity contribution >= 4 is 37.3 Å². The van der Waals surface area contributed by atoms with Gasteiger partial charge in [-0.25, -0.2) is 0 Å². The van der Waals surface area contributed by atoms with Crippen LogP contribution < -0.4 is 0 Å². The standard InChI is InChI=1S/C30H27AsFN2O3/c32-22-14-15-23-20(17-22)9-6-10-24(23)31-30(37)21-13-16-25-27(18-21)33-26(11-4-5-12-28(35)36)29(34-25)19-7-2-1-3-8-19/h1-3,7-8,13-18,24H,4-6,9-12H2,(H,35,36)/t24-/m1/s1. The average molecular weight is 557 g/mol. The first-order valence-corrected chi connectivity index (χ1v) is 14.6. The first-order chi connectivity index (χ1) is 18.0. The molecule has 1 aromatic heterocycles. The molecule has 0 fully saturated rings. The summed E-state index contributed by atoms with van der Waals surface area (Å²) in [6.07, 6.45) is 4.79. The van der Waals surface area contributed by atoms with E-state index in [1.807, 2.05) is 54.6 Å². The minimum atomic E-state index is -0.801. The number of hydrogen-bond acceptors (Lipinski definition) is 4. The Morgan fingerprint density at radius 1 is 0.973 bits per heavy atom. The molecule has 0 unspecified atom stereocenters. The predicted molar refractivity (Wildman–Crippen MR) is 142 cm³/mol. The van der Waals surface area contributed by atoms with Gasteiger partial charge >= 0.3 is 222 Å². The van der Waals surface area contributed by atoms with Gasteiger partial charge in [-0.3, -0.25) is 0 Å². The number of unbranched alkanes of at least 4 members (excludes halogenated alkanes) is 1. The summed E-state index contributed by atoms with van der Waals surface area (Å²) < 4.78 is 14.0. The molecule has 0 saturated heterocycles. The van der Waals surface area contributed by atoms with Crippen LogP contribution in [-0.2, 0) is 17.6 Å². The number of aromatic nitrogens is 2. The Morgan fingerprint density at radius 3 is 2.62 bits per heavy atom. The number of nitrogens with zero attached hydrogens (tertiary/aromatic N) is 2. The molecular weight excluding hydrogens is 530 g/mol. The molecule has 1 atom stereocenters. The van der Waals surface area contributed by atoms with E-state index < -0.39 is 21.7 Å². The van der Waals surface area contributed by atoms with Gasteiger partial charge in [0, 0.05) is 0 Å². The molecule has 187 valence electrons. The van der Waals surface area contributed by atoms with Crippen LogP contribution in [0.5, 0.6) is 0 Å². The molecule has 0 amide bonds. The SMILES string of the molecule is O=C(O)CCCCc1nc2cc(C(=O)[As][C@@H]3CCCc4cc(F)ccc43)ccc2nc1-c1ccccc1. The number of aryl methyl sites for hydroxylation is 2. The van der Waals surface area contributed by atoms with E-state index >= 15 is 0 Å². The van der Waals surface area contributed by atoms with Crippen molar-refractivity contribution in [1.82, 2.24) is 9.97 Å². The molecule has 5 rings (SSSR count). The van der Waals surface area contributed by atoms with Gasteiger partial charge in [-0.15, -0.1) is 0 Å². The molecule has 1 aliphatic carbocycles. The fourth-order valence-electron chi connectivity index (χ4n) is 4.90. The summed E-state index contributed by atoms with van der Waals surface area (Å²) in [5.74, 6) is -1.02. The van der Waals surface area contributed by atoms with Crippen molar-refractivity contribution in [2.45, 2.75) is 49.7 Å². The van der Waals surface area contributed by atoms with E-state index in [1.54, 1.807) is 6.07 Å². The molecule has 1 aliphatic rings. The summed E-state index contributed by atoms with van der Waals surface area (Å²) in [4.78, 5) is 34.1. The van der Waals surface area contributed by atoms with Crippen LogP contribution in [0, 0.1) is 5.82 Å². The number of rotatable bonds is 9. The predicted octanol–water partition coefficient (Wildman–Crippen LogP) is 6.16. The van der Waals surface area contributed by atoms with Crippen molar-refractivity contribution in [3.05, 3.63) is 94.9 Å². The van der Waals surface area contributed by atoms with E-state index in [0.29, 0.717) is 30.3 Å². The van der Waals surface area contributed by atoms with Crippen molar-refractivity contribution in [2.75, 3.05) is 0 Å². The Labute approximate surface area is 221 Å². The molecule has 4 aromatic rings. The molecule has 0 aliphatic heterocycles. The van der Waals surface area contributed by atoms with Gasteiger partial charge < -0.3 is 0 Å². The first-order valence-electron chi connectivity index (χ1n) is 12.6. The van der Waals surface area contributed by atoms with E-state index in [1.165, 1.54) is 6.07 Å². The molecule has 1 N–H and O–H groups in total. The topological polar surface area (TPSA) is 80.1 Å². The molecule has 1 heterocycles. The number of fused-ring (bicyclic) bond motifs is 2. The molecule has 0 spiro atoms. The molecule has 0 saturated carbocycles. The molecule has 37 heavy (non-hydrogen) atoms. The summed E-state index contributed by atoms with van der Waals surface area (Å²) in [7, 11) is 0. The van der Waals surface area contributed by atoms with Gasteiger partial charge in [0.2, 0.25) is 0 Å². The Balaban J connectivity index is 1.42. The van der Waals surface area contributed by atoms with Crippen molar-refractivity contribution in [3.8, 4) is 11.3 Å². The number of benzene rings is 3. The monoisotopic (exact) mass is 557 g/mol. The van der Waals surface area contributed by atoms with E-state index in [2.05, 4.69) is 0 Å². The maximum absolute atomic E-state index is 13.7. The summed E-state index contributed by atoms with van der Waals surface area (Å²) in [5.41, 5.74) is 6.75. The van der Waals surface area contributed by atoms with Crippen LogP contribution in [0.15, 0.2) is 66.7 Å². The second kappa shape index (κ2) is 11.3. The number of carboxylic acid groups (broad SMARTS) is 1. The minimum absolute atomic E-state index is 0.125. The zero-order valence-electron chi connectivity index (χ0n) is 20.4. The van der Waals surface area contributed by atoms with Gasteiger partial charge in [-0.1, -0.05) is 0 Å². The normalized spacial score (nSPS) is 15.2. The van der Waals surface area contributed by atoms with Gasteiger partial charge in [0.05, 0.1) is 0 Å². The van der Waals surface area contributed by atoms with Crippen LogP contribution in [0.3, 0.4) is 0 Å². The third kappa shape index (κ3) is 5.97. The summed E-state index contributed by atoms with van der Waals surface area (Å²) >= 11 is -0.650. The number of aliphatic carboxylic acids is 1. The number of carboxylic acids is 1. The van der Waals surface area contributed by atoms with Crippen molar-refractivity contribution in [3.63, 3.8) is 0 Å². The Morgan fingerprint density at radius 2 is 1.81 bits per heavy atom. The number of hydrogen-bond donors (Lipinski definition) is 1. The van der Waals surface area contributed by atoms with Crippen LogP contribution >= 0.6 is 0 Å². The van der Waals surface area contributed by atoms with Crippen LogP contribution in [0.1, 0.15) is 64.0 Å². The summed E-state index contributed by atoms with van der Waals surface area (Å²) in [6, 6.07) is 20.3. The fraction of sp³-hybridized carbons (Fsp3) is 0.267. The van der Waals surface area contributed by atoms with Gasteiger partial charge in [0.1, 0.15) is 0 Å². The van der Waals surface area contributed by atoms with Crippen molar-refractivity contribution in [2.24, 2.45) is 0 Å². The van der Waals surface area contributed by atoms with E-state index in [9.17, 15) is 14.0 Å². The Hall–Kier alpha value is -3.37. The van der Waals surface area contributed by atoms with Gasteiger partial charge in [-0.05, 0) is 0 Å². The molecule has 1 radical (unpaired) electrons. The van der Waals surface area contributed by atoms with Crippen LogP contribution in [0.25, 0.3) is 22.3 Å². The average Bonchev–Trinajstić information content (AvgIpc) is 2.90. The summed E-state index contributed by atoms with van der Waals surface area (Å²) in [5, 5.41) is 8.98. The second-order valence-corrected chi connectivity index (χ2v) is 12.1. The van der Waals surface area contributed by atoms with Crippen molar-refractivity contribution < 1.29 is 19.1 Å². The molecule has 3 aromatic carbocycles. The first kappa shape index (κ1) is 25.3. The van der Waals surface area contributed by atoms with Crippen LogP contribution in [0.4, 0.5) is 4.39 Å². The Bertz CT molecular complexity index is 1460. The molecule has 0 bridgehead atoms. The third-order valence-corrected chi connectivity index (χ3v) is 9.56. The molecular formula is C30H27AsFN2O3. The van der Waals surface area contributed by atoms with E-state index in [0.717, 1.165) is 52.9 Å². The van der Waals surface area contributed by atoms with Gasteiger partial charge in [-0.2, -0.15) is 0 Å². The van der Waals surface area contributed by atoms with E-state index in [4.69, 9.17) is 15.1 Å². The van der Waals surface area contributed by atoms with Crippen molar-refractivity contribution in [1.29, 1.82) is 0 Å². The van der Waals surface area contributed by atoms with Crippen LogP contribution in [-0.4, -0.2) is 41.4 Å². The maximum atomic E-state index is 13.7. The zero-order valence-corrected chi connectivity index (χ0v) is 22.2. The zero-order chi connectivity index (χ0) is 25.8. The Kier molecular flexibility index (Phi) is 7.76. The van der Waals surface area contributed by atoms with Gasteiger partial charge in [0.25, 0.3) is 0 Å². The molecule has 7 heteroatoms. The van der Waals surface area contributed by atoms with E-state index in [-0.39, 0.29) is 21.5 Å². The number of halogens is 1. The quantitative estimate of drug-likeness (QED) is 0.197. The second-order valence-electron chi connectivity index (χ2n) is 9.37. The molecule has 5 nitrogen and oxygen atoms in total. The third-order valence-electron chi connectivity index (χ3n) is 6.75. The number of carbonyl (C=O) groups is 2. The summed E-state index contributed by atoms with van der Waals surface area (Å²) in [6.45, 7) is 0. The van der Waals surface area contributed by atoms with Gasteiger partial charge in [0.15, 0.2) is 0 Å². The van der Waals surface area contributed by atoms with Crippen LogP contribution in [0.2, 0.25) is 0 Å². The number of carbonyl (C=O) groups excluding carboxylic acids is 1.